The van der Waals surface area contributed by atoms with E-state index >= 15 is 0 Å². The first-order chi connectivity index (χ1) is 9.54. The summed E-state index contributed by atoms with van der Waals surface area (Å²) >= 11 is 11.9. The number of rotatable bonds is 2. The molecule has 1 unspecified atom stereocenters. The average Bonchev–Trinajstić information content (AvgIpc) is 2.84. The van der Waals surface area contributed by atoms with Crippen LogP contribution < -0.4 is 0 Å². The summed E-state index contributed by atoms with van der Waals surface area (Å²) < 4.78 is 5.67. The molecule has 4 heteroatoms. The van der Waals surface area contributed by atoms with Gasteiger partial charge in [0.05, 0.1) is 0 Å². The first-order valence-electron chi connectivity index (χ1n) is 6.18. The molecule has 0 spiro atoms. The van der Waals surface area contributed by atoms with E-state index in [9.17, 15) is 5.11 Å². The molecule has 1 aromatic heterocycles. The van der Waals surface area contributed by atoms with Gasteiger partial charge in [-0.05, 0) is 48.4 Å². The van der Waals surface area contributed by atoms with Crippen LogP contribution in [0.1, 0.15) is 23.0 Å². The van der Waals surface area contributed by atoms with E-state index in [0.29, 0.717) is 21.4 Å². The molecular formula is C16H12Cl2O2. The van der Waals surface area contributed by atoms with E-state index in [1.165, 1.54) is 0 Å². The van der Waals surface area contributed by atoms with Crippen LogP contribution in [0.15, 0.2) is 46.9 Å². The number of furan rings is 1. The third kappa shape index (κ3) is 2.42. The molecule has 0 aliphatic carbocycles. The van der Waals surface area contributed by atoms with Crippen LogP contribution in [-0.4, -0.2) is 5.11 Å². The smallest absolute Gasteiger partial charge is 0.138 e. The Morgan fingerprint density at radius 3 is 2.60 bits per heavy atom. The Morgan fingerprint density at radius 2 is 1.85 bits per heavy atom. The number of hydrogen-bond donors (Lipinski definition) is 1. The molecule has 1 N–H and O–H groups in total. The highest BCUT2D eigenvalue weighted by atomic mass is 35.5. The van der Waals surface area contributed by atoms with Gasteiger partial charge in [0.15, 0.2) is 0 Å². The Labute approximate surface area is 126 Å². The molecule has 0 fully saturated rings. The lowest BCUT2D eigenvalue weighted by molar-refractivity contribution is 0.192. The van der Waals surface area contributed by atoms with Gasteiger partial charge in [-0.1, -0.05) is 35.3 Å². The minimum Gasteiger partial charge on any atom is -0.458 e. The van der Waals surface area contributed by atoms with Gasteiger partial charge < -0.3 is 9.52 Å². The monoisotopic (exact) mass is 306 g/mol. The van der Waals surface area contributed by atoms with Gasteiger partial charge in [-0.3, -0.25) is 0 Å². The molecule has 0 aliphatic rings. The van der Waals surface area contributed by atoms with Gasteiger partial charge in [-0.25, -0.2) is 0 Å². The summed E-state index contributed by atoms with van der Waals surface area (Å²) in [4.78, 5) is 0. The zero-order valence-electron chi connectivity index (χ0n) is 10.7. The minimum absolute atomic E-state index is 0.490. The fraction of sp³-hybridized carbons (Fsp3) is 0.125. The SMILES string of the molecule is Cc1cc(C(O)c2cc3cc(Cl)ccc3o2)ccc1Cl. The highest BCUT2D eigenvalue weighted by molar-refractivity contribution is 6.31. The second kappa shape index (κ2) is 5.13. The van der Waals surface area contributed by atoms with Crippen molar-refractivity contribution in [2.24, 2.45) is 0 Å². The minimum atomic E-state index is -0.822. The maximum absolute atomic E-state index is 10.4. The normalized spacial score (nSPS) is 12.8. The van der Waals surface area contributed by atoms with Crippen molar-refractivity contribution in [3.63, 3.8) is 0 Å². The van der Waals surface area contributed by atoms with Crippen molar-refractivity contribution in [3.05, 3.63) is 69.4 Å². The van der Waals surface area contributed by atoms with E-state index in [1.54, 1.807) is 30.3 Å². The van der Waals surface area contributed by atoms with Gasteiger partial charge in [-0.15, -0.1) is 0 Å². The summed E-state index contributed by atoms with van der Waals surface area (Å²) in [5, 5.41) is 12.6. The number of benzene rings is 2. The highest BCUT2D eigenvalue weighted by Crippen LogP contribution is 2.31. The zero-order chi connectivity index (χ0) is 14.3. The molecule has 2 nitrogen and oxygen atoms in total. The van der Waals surface area contributed by atoms with E-state index in [1.807, 2.05) is 19.1 Å². The summed E-state index contributed by atoms with van der Waals surface area (Å²) in [6, 6.07) is 12.6. The van der Waals surface area contributed by atoms with Crippen LogP contribution in [0.3, 0.4) is 0 Å². The predicted octanol–water partition coefficient (Wildman–Crippen LogP) is 5.13. The molecule has 20 heavy (non-hydrogen) atoms. The molecule has 102 valence electrons. The Balaban J connectivity index is 2.02. The third-order valence-corrected chi connectivity index (χ3v) is 3.92. The summed E-state index contributed by atoms with van der Waals surface area (Å²) in [6.07, 6.45) is -0.822. The van der Waals surface area contributed by atoms with Crippen molar-refractivity contribution in [2.45, 2.75) is 13.0 Å². The van der Waals surface area contributed by atoms with E-state index in [0.717, 1.165) is 16.5 Å². The predicted molar refractivity (Wildman–Crippen MR) is 81.5 cm³/mol. The highest BCUT2D eigenvalue weighted by Gasteiger charge is 2.16. The summed E-state index contributed by atoms with van der Waals surface area (Å²) in [5.41, 5.74) is 2.37. The van der Waals surface area contributed by atoms with Crippen LogP contribution in [0.2, 0.25) is 10.0 Å². The largest absolute Gasteiger partial charge is 0.458 e. The molecule has 2 aromatic carbocycles. The van der Waals surface area contributed by atoms with Crippen LogP contribution >= 0.6 is 23.2 Å². The van der Waals surface area contributed by atoms with Crippen molar-refractivity contribution in [1.82, 2.24) is 0 Å². The molecule has 1 heterocycles. The van der Waals surface area contributed by atoms with Crippen LogP contribution in [-0.2, 0) is 0 Å². The Kier molecular flexibility index (Phi) is 3.47. The number of aryl methyl sites for hydroxylation is 1. The fourth-order valence-electron chi connectivity index (χ4n) is 2.17. The molecule has 1 atom stereocenters. The second-order valence-corrected chi connectivity index (χ2v) is 5.59. The molecule has 3 aromatic rings. The Hall–Kier alpha value is -1.48. The number of fused-ring (bicyclic) bond motifs is 1. The van der Waals surface area contributed by atoms with Gasteiger partial charge in [0, 0.05) is 15.4 Å². The lowest BCUT2D eigenvalue weighted by Crippen LogP contribution is -1.98. The van der Waals surface area contributed by atoms with Crippen LogP contribution in [0.4, 0.5) is 0 Å². The van der Waals surface area contributed by atoms with E-state index in [2.05, 4.69) is 0 Å². The molecule has 0 saturated carbocycles. The lowest BCUT2D eigenvalue weighted by Gasteiger charge is -2.09. The standard InChI is InChI=1S/C16H12Cl2O2/c1-9-6-10(2-4-13(9)18)16(19)15-8-11-7-12(17)3-5-14(11)20-15/h2-8,16,19H,1H3. The van der Waals surface area contributed by atoms with Crippen molar-refractivity contribution >= 4 is 34.2 Å². The van der Waals surface area contributed by atoms with Crippen molar-refractivity contribution in [2.75, 3.05) is 0 Å². The van der Waals surface area contributed by atoms with Crippen molar-refractivity contribution < 1.29 is 9.52 Å². The number of aliphatic hydroxyl groups is 1. The van der Waals surface area contributed by atoms with Crippen LogP contribution in [0.25, 0.3) is 11.0 Å². The van der Waals surface area contributed by atoms with Gasteiger partial charge in [0.25, 0.3) is 0 Å². The average molecular weight is 307 g/mol. The van der Waals surface area contributed by atoms with Crippen molar-refractivity contribution in [3.8, 4) is 0 Å². The second-order valence-electron chi connectivity index (χ2n) is 4.74. The van der Waals surface area contributed by atoms with Crippen LogP contribution in [0, 0.1) is 6.92 Å². The molecule has 0 saturated heterocycles. The summed E-state index contributed by atoms with van der Waals surface area (Å²) in [6.45, 7) is 1.90. The first kappa shape index (κ1) is 13.5. The van der Waals surface area contributed by atoms with Gasteiger partial charge in [0.1, 0.15) is 17.4 Å². The lowest BCUT2D eigenvalue weighted by atomic mass is 10.0. The molecule has 3 rings (SSSR count). The summed E-state index contributed by atoms with van der Waals surface area (Å²) in [7, 11) is 0. The van der Waals surface area contributed by atoms with Gasteiger partial charge in [-0.2, -0.15) is 0 Å². The molecule has 0 aliphatic heterocycles. The van der Waals surface area contributed by atoms with E-state index in [-0.39, 0.29) is 0 Å². The molecule has 0 bridgehead atoms. The van der Waals surface area contributed by atoms with Gasteiger partial charge in [0.2, 0.25) is 0 Å². The number of halogens is 2. The number of hydrogen-bond acceptors (Lipinski definition) is 2. The molecule has 0 amide bonds. The topological polar surface area (TPSA) is 33.4 Å². The van der Waals surface area contributed by atoms with Crippen LogP contribution in [0.5, 0.6) is 0 Å². The quantitative estimate of drug-likeness (QED) is 0.712. The fourth-order valence-corrected chi connectivity index (χ4v) is 2.47. The molecular weight excluding hydrogens is 295 g/mol. The third-order valence-electron chi connectivity index (χ3n) is 3.26. The zero-order valence-corrected chi connectivity index (χ0v) is 12.2. The van der Waals surface area contributed by atoms with E-state index in [4.69, 9.17) is 27.6 Å². The number of aliphatic hydroxyl groups excluding tert-OH is 1. The Bertz CT molecular complexity index is 777. The Morgan fingerprint density at radius 1 is 1.05 bits per heavy atom. The maximum Gasteiger partial charge on any atom is 0.138 e. The van der Waals surface area contributed by atoms with Crippen molar-refractivity contribution in [1.29, 1.82) is 0 Å². The van der Waals surface area contributed by atoms with Gasteiger partial charge >= 0.3 is 0 Å². The first-order valence-corrected chi connectivity index (χ1v) is 6.93. The maximum atomic E-state index is 10.4. The van der Waals surface area contributed by atoms with E-state index < -0.39 is 6.10 Å². The summed E-state index contributed by atoms with van der Waals surface area (Å²) in [5.74, 6) is 0.490. The molecule has 0 radical (unpaired) electrons.